The van der Waals surface area contributed by atoms with Gasteiger partial charge in [0.25, 0.3) is 5.89 Å². The SMILES string of the molecule is CCC1c2ccsc2CCN1C(=O)Nc1ccc(-c2nc(C(C)C)no2)cc1. The highest BCUT2D eigenvalue weighted by atomic mass is 32.1. The Hall–Kier alpha value is -2.67. The monoisotopic (exact) mass is 396 g/mol. The number of hydrogen-bond donors (Lipinski definition) is 1. The molecule has 3 heterocycles. The Morgan fingerprint density at radius 1 is 1.32 bits per heavy atom. The van der Waals surface area contributed by atoms with Gasteiger partial charge in [0.1, 0.15) is 0 Å². The average molecular weight is 397 g/mol. The van der Waals surface area contributed by atoms with Crippen LogP contribution in [0.25, 0.3) is 11.5 Å². The lowest BCUT2D eigenvalue weighted by Gasteiger charge is -2.35. The summed E-state index contributed by atoms with van der Waals surface area (Å²) < 4.78 is 5.33. The van der Waals surface area contributed by atoms with E-state index < -0.39 is 0 Å². The van der Waals surface area contributed by atoms with Crippen molar-refractivity contribution in [3.8, 4) is 11.5 Å². The van der Waals surface area contributed by atoms with E-state index in [0.717, 1.165) is 30.6 Å². The Kier molecular flexibility index (Phi) is 5.17. The minimum atomic E-state index is -0.0589. The summed E-state index contributed by atoms with van der Waals surface area (Å²) in [4.78, 5) is 20.6. The first-order valence-electron chi connectivity index (χ1n) is 9.64. The molecule has 1 N–H and O–H groups in total. The zero-order chi connectivity index (χ0) is 19.7. The van der Waals surface area contributed by atoms with Gasteiger partial charge in [-0.15, -0.1) is 11.3 Å². The molecule has 28 heavy (non-hydrogen) atoms. The zero-order valence-electron chi connectivity index (χ0n) is 16.3. The average Bonchev–Trinajstić information content (AvgIpc) is 3.37. The Morgan fingerprint density at radius 2 is 2.11 bits per heavy atom. The molecule has 0 aliphatic carbocycles. The van der Waals surface area contributed by atoms with Crippen molar-refractivity contribution in [3.63, 3.8) is 0 Å². The lowest BCUT2D eigenvalue weighted by atomic mass is 9.98. The van der Waals surface area contributed by atoms with Crippen LogP contribution >= 0.6 is 11.3 Å². The molecule has 0 saturated heterocycles. The number of anilines is 1. The molecular formula is C21H24N4O2S. The highest BCUT2D eigenvalue weighted by Crippen LogP contribution is 2.35. The zero-order valence-corrected chi connectivity index (χ0v) is 17.1. The number of carbonyl (C=O) groups excluding carboxylic acids is 1. The van der Waals surface area contributed by atoms with Crippen molar-refractivity contribution in [2.24, 2.45) is 0 Å². The maximum Gasteiger partial charge on any atom is 0.322 e. The van der Waals surface area contributed by atoms with Gasteiger partial charge in [0.15, 0.2) is 5.82 Å². The van der Waals surface area contributed by atoms with Crippen LogP contribution in [0.2, 0.25) is 0 Å². The van der Waals surface area contributed by atoms with Crippen LogP contribution in [-0.2, 0) is 6.42 Å². The number of benzene rings is 1. The fourth-order valence-corrected chi connectivity index (χ4v) is 4.49. The van der Waals surface area contributed by atoms with E-state index in [1.165, 1.54) is 10.4 Å². The topological polar surface area (TPSA) is 71.3 Å². The second-order valence-corrected chi connectivity index (χ2v) is 8.29. The van der Waals surface area contributed by atoms with E-state index >= 15 is 0 Å². The molecule has 2 aromatic heterocycles. The highest BCUT2D eigenvalue weighted by molar-refractivity contribution is 7.10. The number of thiophene rings is 1. The van der Waals surface area contributed by atoms with Crippen LogP contribution in [0.4, 0.5) is 10.5 Å². The molecule has 1 atom stereocenters. The standard InChI is InChI=1S/C21H24N4O2S/c1-4-17-16-10-12-28-18(16)9-11-25(17)21(26)22-15-7-5-14(6-8-15)20-23-19(13(2)3)24-27-20/h5-8,10,12-13,17H,4,9,11H2,1-3H3,(H,22,26). The number of hydrogen-bond acceptors (Lipinski definition) is 5. The molecule has 1 aliphatic heterocycles. The van der Waals surface area contributed by atoms with Crippen molar-refractivity contribution in [1.82, 2.24) is 15.0 Å². The summed E-state index contributed by atoms with van der Waals surface area (Å²) in [5.74, 6) is 1.40. The number of carbonyl (C=O) groups is 1. The molecule has 3 aromatic rings. The molecule has 0 radical (unpaired) electrons. The van der Waals surface area contributed by atoms with Crippen LogP contribution < -0.4 is 5.32 Å². The predicted octanol–water partition coefficient (Wildman–Crippen LogP) is 5.46. The van der Waals surface area contributed by atoms with Gasteiger partial charge in [-0.1, -0.05) is 25.9 Å². The summed E-state index contributed by atoms with van der Waals surface area (Å²) in [7, 11) is 0. The van der Waals surface area contributed by atoms with Crippen LogP contribution in [0.15, 0.2) is 40.2 Å². The van der Waals surface area contributed by atoms with Gasteiger partial charge in [-0.2, -0.15) is 4.98 Å². The summed E-state index contributed by atoms with van der Waals surface area (Å²) in [6.07, 6.45) is 1.83. The maximum absolute atomic E-state index is 12.9. The smallest absolute Gasteiger partial charge is 0.322 e. The van der Waals surface area contributed by atoms with E-state index in [2.05, 4.69) is 33.8 Å². The summed E-state index contributed by atoms with van der Waals surface area (Å²) >= 11 is 1.79. The number of aromatic nitrogens is 2. The third-order valence-electron chi connectivity index (χ3n) is 5.08. The molecule has 2 amide bonds. The predicted molar refractivity (Wildman–Crippen MR) is 111 cm³/mol. The Morgan fingerprint density at radius 3 is 2.79 bits per heavy atom. The highest BCUT2D eigenvalue weighted by Gasteiger charge is 2.30. The number of urea groups is 1. The fraction of sp³-hybridized carbons (Fsp3) is 0.381. The van der Waals surface area contributed by atoms with Crippen molar-refractivity contribution in [1.29, 1.82) is 0 Å². The quantitative estimate of drug-likeness (QED) is 0.635. The van der Waals surface area contributed by atoms with Gasteiger partial charge in [0.2, 0.25) is 0 Å². The van der Waals surface area contributed by atoms with Crippen molar-refractivity contribution in [3.05, 3.63) is 52.0 Å². The minimum absolute atomic E-state index is 0.0589. The van der Waals surface area contributed by atoms with Crippen LogP contribution in [0, 0.1) is 0 Å². The van der Waals surface area contributed by atoms with Gasteiger partial charge in [-0.3, -0.25) is 0 Å². The van der Waals surface area contributed by atoms with Gasteiger partial charge in [-0.25, -0.2) is 4.79 Å². The number of rotatable bonds is 4. The second-order valence-electron chi connectivity index (χ2n) is 7.29. The number of nitrogens with one attached hydrogen (secondary N) is 1. The Balaban J connectivity index is 1.46. The van der Waals surface area contributed by atoms with Crippen molar-refractivity contribution >= 4 is 23.1 Å². The molecule has 1 aliphatic rings. The normalized spacial score (nSPS) is 16.3. The second kappa shape index (κ2) is 7.75. The minimum Gasteiger partial charge on any atom is -0.334 e. The van der Waals surface area contributed by atoms with Gasteiger partial charge in [0.05, 0.1) is 6.04 Å². The van der Waals surface area contributed by atoms with Crippen LogP contribution in [-0.4, -0.2) is 27.6 Å². The van der Waals surface area contributed by atoms with Gasteiger partial charge >= 0.3 is 6.03 Å². The van der Waals surface area contributed by atoms with E-state index in [-0.39, 0.29) is 18.0 Å². The fourth-order valence-electron chi connectivity index (χ4n) is 3.56. The number of nitrogens with zero attached hydrogens (tertiary/aromatic N) is 3. The van der Waals surface area contributed by atoms with Gasteiger partial charge in [-0.05, 0) is 54.1 Å². The van der Waals surface area contributed by atoms with Crippen LogP contribution in [0.1, 0.15) is 55.4 Å². The molecule has 6 nitrogen and oxygen atoms in total. The molecule has 7 heteroatoms. The summed E-state index contributed by atoms with van der Waals surface area (Å²) in [5.41, 5.74) is 2.88. The molecule has 0 saturated carbocycles. The molecule has 146 valence electrons. The van der Waals surface area contributed by atoms with E-state index in [4.69, 9.17) is 4.52 Å². The van der Waals surface area contributed by atoms with E-state index in [1.807, 2.05) is 43.0 Å². The lowest BCUT2D eigenvalue weighted by molar-refractivity contribution is 0.181. The first-order chi connectivity index (χ1) is 13.6. The number of amides is 2. The first-order valence-corrected chi connectivity index (χ1v) is 10.5. The molecule has 1 aromatic carbocycles. The maximum atomic E-state index is 12.9. The van der Waals surface area contributed by atoms with Gasteiger partial charge in [0, 0.05) is 28.6 Å². The summed E-state index contributed by atoms with van der Waals surface area (Å²) in [6, 6.07) is 9.74. The van der Waals surface area contributed by atoms with E-state index in [1.54, 1.807) is 11.3 Å². The largest absolute Gasteiger partial charge is 0.334 e. The van der Waals surface area contributed by atoms with Gasteiger partial charge < -0.3 is 14.7 Å². The summed E-state index contributed by atoms with van der Waals surface area (Å²) in [6.45, 7) is 6.92. The lowest BCUT2D eigenvalue weighted by Crippen LogP contribution is -2.41. The molecule has 4 rings (SSSR count). The molecule has 0 bridgehead atoms. The molecular weight excluding hydrogens is 372 g/mol. The van der Waals surface area contributed by atoms with E-state index in [9.17, 15) is 4.79 Å². The van der Waals surface area contributed by atoms with Crippen molar-refractivity contribution in [2.45, 2.75) is 45.6 Å². The molecule has 1 unspecified atom stereocenters. The molecule has 0 fully saturated rings. The third-order valence-corrected chi connectivity index (χ3v) is 6.08. The molecule has 0 spiro atoms. The first kappa shape index (κ1) is 18.7. The van der Waals surface area contributed by atoms with E-state index in [0.29, 0.717) is 11.7 Å². The summed E-state index contributed by atoms with van der Waals surface area (Å²) in [5, 5.41) is 9.14. The van der Waals surface area contributed by atoms with Crippen LogP contribution in [0.5, 0.6) is 0 Å². The number of fused-ring (bicyclic) bond motifs is 1. The Bertz CT molecular complexity index is 961. The van der Waals surface area contributed by atoms with Crippen molar-refractivity contribution in [2.75, 3.05) is 11.9 Å². The third kappa shape index (κ3) is 3.54. The van der Waals surface area contributed by atoms with Crippen molar-refractivity contribution < 1.29 is 9.32 Å². The Labute approximate surface area is 168 Å². The van der Waals surface area contributed by atoms with Crippen LogP contribution in [0.3, 0.4) is 0 Å².